The molecule has 1 heterocycles. The van der Waals surface area contributed by atoms with Gasteiger partial charge in [0.2, 0.25) is 0 Å². The summed E-state index contributed by atoms with van der Waals surface area (Å²) in [5.41, 5.74) is 2.02. The molecule has 2 aromatic rings. The van der Waals surface area contributed by atoms with E-state index in [1.165, 1.54) is 12.1 Å². The number of piperazine rings is 1. The standard InChI is InChI=1S/C25H31FN2O4/c1-18-15-28(19(2)14-27(18)16-21-6-9-22(26)10-7-21)25(30)17-32-23-11-8-20(5-4-12-29)13-24(23)31-3/h4,6-13,18-19,29H,5,14-17H2,1-3H3. The molecule has 7 heteroatoms. The molecule has 2 unspecified atom stereocenters. The van der Waals surface area contributed by atoms with Gasteiger partial charge in [-0.25, -0.2) is 4.39 Å². The van der Waals surface area contributed by atoms with Crippen LogP contribution in [0.2, 0.25) is 0 Å². The van der Waals surface area contributed by atoms with Crippen LogP contribution in [0.25, 0.3) is 0 Å². The molecule has 32 heavy (non-hydrogen) atoms. The molecular weight excluding hydrogens is 411 g/mol. The molecule has 1 aliphatic heterocycles. The fourth-order valence-corrected chi connectivity index (χ4v) is 3.96. The molecule has 1 aliphatic rings. The number of nitrogens with zero attached hydrogens (tertiary/aromatic N) is 2. The third-order valence-electron chi connectivity index (χ3n) is 5.77. The van der Waals surface area contributed by atoms with Gasteiger partial charge in [-0.2, -0.15) is 0 Å². The molecule has 1 saturated heterocycles. The Bertz CT molecular complexity index is 932. The van der Waals surface area contributed by atoms with Crippen LogP contribution in [0.4, 0.5) is 4.39 Å². The van der Waals surface area contributed by atoms with Gasteiger partial charge in [0, 0.05) is 31.7 Å². The van der Waals surface area contributed by atoms with Crippen molar-refractivity contribution in [3.8, 4) is 11.5 Å². The Morgan fingerprint density at radius 3 is 2.50 bits per heavy atom. The number of carbonyl (C=O) groups is 1. The van der Waals surface area contributed by atoms with Crippen LogP contribution in [0.1, 0.15) is 25.0 Å². The third-order valence-corrected chi connectivity index (χ3v) is 5.77. The van der Waals surface area contributed by atoms with E-state index in [1.54, 1.807) is 31.4 Å². The average Bonchev–Trinajstić information content (AvgIpc) is 2.79. The lowest BCUT2D eigenvalue weighted by atomic mass is 10.1. The van der Waals surface area contributed by atoms with E-state index in [2.05, 4.69) is 11.8 Å². The molecule has 172 valence electrons. The van der Waals surface area contributed by atoms with Crippen molar-refractivity contribution in [2.45, 2.75) is 38.9 Å². The Hall–Kier alpha value is -3.06. The van der Waals surface area contributed by atoms with Crippen LogP contribution in [-0.4, -0.2) is 59.7 Å². The first-order valence-electron chi connectivity index (χ1n) is 10.8. The van der Waals surface area contributed by atoms with Gasteiger partial charge in [0.15, 0.2) is 18.1 Å². The van der Waals surface area contributed by atoms with Gasteiger partial charge in [0.05, 0.1) is 13.4 Å². The lowest BCUT2D eigenvalue weighted by Gasteiger charge is -2.44. The monoisotopic (exact) mass is 442 g/mol. The molecule has 0 radical (unpaired) electrons. The Morgan fingerprint density at radius 2 is 1.81 bits per heavy atom. The van der Waals surface area contributed by atoms with Gasteiger partial charge >= 0.3 is 0 Å². The Kier molecular flexibility index (Phi) is 8.11. The van der Waals surface area contributed by atoms with Crippen molar-refractivity contribution < 1.29 is 23.8 Å². The summed E-state index contributed by atoms with van der Waals surface area (Å²) in [4.78, 5) is 17.1. The Labute approximate surface area is 188 Å². The van der Waals surface area contributed by atoms with E-state index < -0.39 is 0 Å². The molecule has 1 N–H and O–H groups in total. The predicted octanol–water partition coefficient (Wildman–Crippen LogP) is 3.95. The first-order valence-corrected chi connectivity index (χ1v) is 10.8. The van der Waals surface area contributed by atoms with Crippen molar-refractivity contribution >= 4 is 5.91 Å². The highest BCUT2D eigenvalue weighted by Crippen LogP contribution is 2.28. The molecule has 0 aromatic heterocycles. The molecular formula is C25H31FN2O4. The van der Waals surface area contributed by atoms with Crippen LogP contribution >= 0.6 is 0 Å². The van der Waals surface area contributed by atoms with Gasteiger partial charge < -0.3 is 19.5 Å². The van der Waals surface area contributed by atoms with E-state index in [0.29, 0.717) is 24.5 Å². The number of benzene rings is 2. The quantitative estimate of drug-likeness (QED) is 0.628. The fourth-order valence-electron chi connectivity index (χ4n) is 3.96. The number of hydrogen-bond donors (Lipinski definition) is 1. The van der Waals surface area contributed by atoms with Crippen LogP contribution in [0, 0.1) is 5.82 Å². The van der Waals surface area contributed by atoms with E-state index >= 15 is 0 Å². The Balaban J connectivity index is 1.57. The molecule has 1 amide bonds. The summed E-state index contributed by atoms with van der Waals surface area (Å²) in [5, 5.41) is 8.82. The first kappa shape index (κ1) is 23.6. The minimum absolute atomic E-state index is 0.0392. The number of allylic oxidation sites excluding steroid dienone is 1. The average molecular weight is 443 g/mol. The zero-order valence-corrected chi connectivity index (χ0v) is 18.8. The van der Waals surface area contributed by atoms with Gasteiger partial charge in [-0.1, -0.05) is 18.2 Å². The second kappa shape index (κ2) is 11.0. The van der Waals surface area contributed by atoms with Crippen LogP contribution in [-0.2, 0) is 17.8 Å². The first-order chi connectivity index (χ1) is 15.4. The topological polar surface area (TPSA) is 62.2 Å². The molecule has 1 fully saturated rings. The summed E-state index contributed by atoms with van der Waals surface area (Å²) >= 11 is 0. The second-order valence-electron chi connectivity index (χ2n) is 8.16. The van der Waals surface area contributed by atoms with Crippen LogP contribution in [0.15, 0.2) is 54.8 Å². The van der Waals surface area contributed by atoms with Crippen LogP contribution in [0.5, 0.6) is 11.5 Å². The van der Waals surface area contributed by atoms with Gasteiger partial charge in [-0.3, -0.25) is 9.69 Å². The zero-order chi connectivity index (χ0) is 23.1. The van der Waals surface area contributed by atoms with Gasteiger partial charge in [0.1, 0.15) is 5.82 Å². The maximum atomic E-state index is 13.2. The maximum Gasteiger partial charge on any atom is 0.260 e. The number of rotatable bonds is 8. The van der Waals surface area contributed by atoms with Crippen molar-refractivity contribution in [2.24, 2.45) is 0 Å². The molecule has 3 rings (SSSR count). The summed E-state index contributed by atoms with van der Waals surface area (Å²) in [6.07, 6.45) is 3.22. The van der Waals surface area contributed by atoms with E-state index in [-0.39, 0.29) is 30.4 Å². The lowest BCUT2D eigenvalue weighted by molar-refractivity contribution is -0.139. The molecule has 0 spiro atoms. The van der Waals surface area contributed by atoms with Gasteiger partial charge in [0.25, 0.3) is 5.91 Å². The molecule has 6 nitrogen and oxygen atoms in total. The number of aliphatic hydroxyl groups is 1. The predicted molar refractivity (Wildman–Crippen MR) is 121 cm³/mol. The Morgan fingerprint density at radius 1 is 1.09 bits per heavy atom. The number of amides is 1. The summed E-state index contributed by atoms with van der Waals surface area (Å²) in [5.74, 6) is 0.749. The zero-order valence-electron chi connectivity index (χ0n) is 18.8. The number of hydrogen-bond acceptors (Lipinski definition) is 5. The largest absolute Gasteiger partial charge is 0.516 e. The van der Waals surface area contributed by atoms with Gasteiger partial charge in [-0.15, -0.1) is 0 Å². The number of methoxy groups -OCH3 is 1. The summed E-state index contributed by atoms with van der Waals surface area (Å²) in [6, 6.07) is 12.3. The van der Waals surface area contributed by atoms with Crippen LogP contribution in [0.3, 0.4) is 0 Å². The number of carbonyl (C=O) groups excluding carboxylic acids is 1. The smallest absolute Gasteiger partial charge is 0.260 e. The molecule has 2 atom stereocenters. The van der Waals surface area contributed by atoms with Crippen molar-refractivity contribution in [1.29, 1.82) is 0 Å². The minimum atomic E-state index is -0.237. The lowest BCUT2D eigenvalue weighted by Crippen LogP contribution is -2.58. The van der Waals surface area contributed by atoms with E-state index in [9.17, 15) is 9.18 Å². The molecule has 2 aromatic carbocycles. The highest BCUT2D eigenvalue weighted by Gasteiger charge is 2.32. The highest BCUT2D eigenvalue weighted by molar-refractivity contribution is 5.78. The summed E-state index contributed by atoms with van der Waals surface area (Å²) in [6.45, 7) is 6.13. The van der Waals surface area contributed by atoms with Crippen molar-refractivity contribution in [1.82, 2.24) is 9.80 Å². The molecule has 0 saturated carbocycles. The highest BCUT2D eigenvalue weighted by atomic mass is 19.1. The van der Waals surface area contributed by atoms with E-state index in [1.807, 2.05) is 24.0 Å². The van der Waals surface area contributed by atoms with E-state index in [4.69, 9.17) is 14.6 Å². The van der Waals surface area contributed by atoms with Crippen molar-refractivity contribution in [2.75, 3.05) is 26.8 Å². The SMILES string of the molecule is COc1cc(CC=CO)ccc1OCC(=O)N1CC(C)N(Cc2ccc(F)cc2)CC1C. The van der Waals surface area contributed by atoms with Gasteiger partial charge in [-0.05, 0) is 61.7 Å². The summed E-state index contributed by atoms with van der Waals surface area (Å²) in [7, 11) is 1.56. The minimum Gasteiger partial charge on any atom is -0.516 e. The maximum absolute atomic E-state index is 13.2. The van der Waals surface area contributed by atoms with E-state index in [0.717, 1.165) is 30.5 Å². The second-order valence-corrected chi connectivity index (χ2v) is 8.16. The normalized spacial score (nSPS) is 19.3. The number of ether oxygens (including phenoxy) is 2. The fraction of sp³-hybridized carbons (Fsp3) is 0.400. The van der Waals surface area contributed by atoms with Crippen LogP contribution < -0.4 is 9.47 Å². The third kappa shape index (κ3) is 6.01. The molecule has 0 bridgehead atoms. The van der Waals surface area contributed by atoms with Crippen molar-refractivity contribution in [3.63, 3.8) is 0 Å². The number of halogens is 1. The summed E-state index contributed by atoms with van der Waals surface area (Å²) < 4.78 is 24.3. The van der Waals surface area contributed by atoms with Crippen molar-refractivity contribution in [3.05, 3.63) is 71.7 Å². The number of aliphatic hydroxyl groups excluding tert-OH is 1. The molecule has 0 aliphatic carbocycles.